The molecule has 23 heavy (non-hydrogen) atoms. The number of halogens is 1. The molecule has 1 saturated carbocycles. The van der Waals surface area contributed by atoms with Crippen LogP contribution < -0.4 is 5.32 Å². The zero-order valence-electron chi connectivity index (χ0n) is 13.2. The van der Waals surface area contributed by atoms with Gasteiger partial charge in [-0.3, -0.25) is 0 Å². The van der Waals surface area contributed by atoms with Crippen LogP contribution in [-0.2, 0) is 0 Å². The zero-order chi connectivity index (χ0) is 16.6. The van der Waals surface area contributed by atoms with Crippen LogP contribution in [0, 0.1) is 17.7 Å². The summed E-state index contributed by atoms with van der Waals surface area (Å²) in [7, 11) is 0. The fourth-order valence-corrected chi connectivity index (χ4v) is 3.68. The van der Waals surface area contributed by atoms with E-state index in [4.69, 9.17) is 0 Å². The van der Waals surface area contributed by atoms with Crippen LogP contribution in [0.25, 0.3) is 0 Å². The molecule has 5 atom stereocenters. The molecule has 0 radical (unpaired) electrons. The van der Waals surface area contributed by atoms with Gasteiger partial charge in [-0.05, 0) is 49.3 Å². The van der Waals surface area contributed by atoms with Crippen molar-refractivity contribution in [2.45, 2.75) is 38.0 Å². The number of hydrogen-bond acceptors (Lipinski definition) is 3. The first-order valence-electron chi connectivity index (χ1n) is 8.11. The number of aliphatic hydroxyl groups excluding tert-OH is 2. The van der Waals surface area contributed by atoms with Gasteiger partial charge < -0.3 is 20.4 Å². The molecular weight excluding hydrogens is 299 g/mol. The van der Waals surface area contributed by atoms with Gasteiger partial charge in [0.1, 0.15) is 5.82 Å². The number of carbonyl (C=O) groups excluding carboxylic acids is 1. The Balaban J connectivity index is 1.58. The molecule has 1 heterocycles. The van der Waals surface area contributed by atoms with Crippen LogP contribution in [0.3, 0.4) is 0 Å². The molecule has 5 nitrogen and oxygen atoms in total. The smallest absolute Gasteiger partial charge is 0.317 e. The largest absolute Gasteiger partial charge is 0.390 e. The van der Waals surface area contributed by atoms with E-state index in [1.165, 1.54) is 12.1 Å². The number of aliphatic hydroxyl groups is 2. The average Bonchev–Trinajstić information content (AvgIpc) is 2.91. The van der Waals surface area contributed by atoms with E-state index in [1.54, 1.807) is 17.0 Å². The summed E-state index contributed by atoms with van der Waals surface area (Å²) < 4.78 is 13.0. The summed E-state index contributed by atoms with van der Waals surface area (Å²) in [6, 6.07) is 5.73. The van der Waals surface area contributed by atoms with E-state index < -0.39 is 12.2 Å². The number of likely N-dealkylation sites (tertiary alicyclic amines) is 1. The predicted octanol–water partition coefficient (Wildman–Crippen LogP) is 1.66. The van der Waals surface area contributed by atoms with Crippen molar-refractivity contribution in [3.05, 3.63) is 35.6 Å². The Bertz CT molecular complexity index is 547. The number of nitrogens with zero attached hydrogens (tertiary/aromatic N) is 1. The summed E-state index contributed by atoms with van der Waals surface area (Å²) in [5.41, 5.74) is 0.849. The lowest BCUT2D eigenvalue weighted by Crippen LogP contribution is -2.39. The number of fused-ring (bicyclic) bond motifs is 1. The third kappa shape index (κ3) is 3.48. The van der Waals surface area contributed by atoms with E-state index >= 15 is 0 Å². The molecule has 1 aliphatic carbocycles. The topological polar surface area (TPSA) is 72.8 Å². The second kappa shape index (κ2) is 6.45. The summed E-state index contributed by atoms with van der Waals surface area (Å²) >= 11 is 0. The number of urea groups is 1. The lowest BCUT2D eigenvalue weighted by atomic mass is 9.79. The fourth-order valence-electron chi connectivity index (χ4n) is 3.68. The summed E-state index contributed by atoms with van der Waals surface area (Å²) in [5, 5.41) is 22.5. The third-order valence-corrected chi connectivity index (χ3v) is 5.11. The van der Waals surface area contributed by atoms with E-state index in [-0.39, 0.29) is 29.7 Å². The van der Waals surface area contributed by atoms with Gasteiger partial charge in [-0.2, -0.15) is 0 Å². The summed E-state index contributed by atoms with van der Waals surface area (Å²) in [6.45, 7) is 3.08. The van der Waals surface area contributed by atoms with Gasteiger partial charge in [0.25, 0.3) is 0 Å². The summed E-state index contributed by atoms with van der Waals surface area (Å²) in [6.07, 6.45) is -0.276. The molecule has 126 valence electrons. The van der Waals surface area contributed by atoms with Gasteiger partial charge in [-0.25, -0.2) is 9.18 Å². The van der Waals surface area contributed by atoms with Crippen molar-refractivity contribution in [3.63, 3.8) is 0 Å². The van der Waals surface area contributed by atoms with Crippen LogP contribution in [0.15, 0.2) is 24.3 Å². The van der Waals surface area contributed by atoms with Gasteiger partial charge >= 0.3 is 6.03 Å². The molecule has 1 aromatic rings. The van der Waals surface area contributed by atoms with Crippen molar-refractivity contribution >= 4 is 6.03 Å². The van der Waals surface area contributed by atoms with E-state index in [9.17, 15) is 19.4 Å². The Morgan fingerprint density at radius 3 is 2.22 bits per heavy atom. The Morgan fingerprint density at radius 1 is 1.17 bits per heavy atom. The van der Waals surface area contributed by atoms with Gasteiger partial charge in [0, 0.05) is 13.1 Å². The standard InChI is InChI=1S/C17H23FN2O3/c1-10(11-2-4-14(18)5-3-11)19-17(23)20-8-12-6-15(21)16(22)7-13(12)9-20/h2-5,10,12-13,15-16,21-22H,6-9H2,1H3,(H,19,23). The monoisotopic (exact) mass is 322 g/mol. The Hall–Kier alpha value is -1.66. The summed E-state index contributed by atoms with van der Waals surface area (Å²) in [5.74, 6) is 0.202. The molecule has 3 rings (SSSR count). The highest BCUT2D eigenvalue weighted by Gasteiger charge is 2.42. The van der Waals surface area contributed by atoms with Gasteiger partial charge in [-0.15, -0.1) is 0 Å². The van der Waals surface area contributed by atoms with Gasteiger partial charge in [-0.1, -0.05) is 12.1 Å². The van der Waals surface area contributed by atoms with Crippen molar-refractivity contribution in [1.82, 2.24) is 10.2 Å². The zero-order valence-corrected chi connectivity index (χ0v) is 13.2. The number of carbonyl (C=O) groups is 1. The molecule has 1 aromatic carbocycles. The Morgan fingerprint density at radius 2 is 1.70 bits per heavy atom. The number of amides is 2. The van der Waals surface area contributed by atoms with Crippen LogP contribution >= 0.6 is 0 Å². The van der Waals surface area contributed by atoms with Gasteiger partial charge in [0.2, 0.25) is 0 Å². The number of hydrogen-bond donors (Lipinski definition) is 3. The molecule has 2 aliphatic rings. The van der Waals surface area contributed by atoms with E-state index in [0.29, 0.717) is 25.9 Å². The molecule has 2 fully saturated rings. The van der Waals surface area contributed by atoms with Crippen LogP contribution in [0.5, 0.6) is 0 Å². The number of nitrogens with one attached hydrogen (secondary N) is 1. The molecule has 1 saturated heterocycles. The second-order valence-corrected chi connectivity index (χ2v) is 6.75. The molecule has 6 heteroatoms. The summed E-state index contributed by atoms with van der Waals surface area (Å²) in [4.78, 5) is 14.2. The van der Waals surface area contributed by atoms with Crippen LogP contribution in [0.1, 0.15) is 31.4 Å². The molecule has 0 spiro atoms. The minimum absolute atomic E-state index is 0.153. The second-order valence-electron chi connectivity index (χ2n) is 6.75. The van der Waals surface area contributed by atoms with Crippen molar-refractivity contribution < 1.29 is 19.4 Å². The highest BCUT2D eigenvalue weighted by atomic mass is 19.1. The van der Waals surface area contributed by atoms with Gasteiger partial charge in [0.15, 0.2) is 0 Å². The van der Waals surface area contributed by atoms with Crippen molar-refractivity contribution in [2.75, 3.05) is 13.1 Å². The predicted molar refractivity (Wildman–Crippen MR) is 83.1 cm³/mol. The first-order valence-corrected chi connectivity index (χ1v) is 8.11. The molecule has 3 N–H and O–H groups in total. The number of rotatable bonds is 2. The van der Waals surface area contributed by atoms with Crippen LogP contribution in [-0.4, -0.2) is 46.4 Å². The quantitative estimate of drug-likeness (QED) is 0.775. The normalized spacial score (nSPS) is 31.6. The first-order chi connectivity index (χ1) is 10.9. The van der Waals surface area contributed by atoms with Gasteiger partial charge in [0.05, 0.1) is 18.2 Å². The molecule has 0 aromatic heterocycles. The maximum atomic E-state index is 13.0. The van der Waals surface area contributed by atoms with Crippen molar-refractivity contribution in [2.24, 2.45) is 11.8 Å². The molecule has 1 aliphatic heterocycles. The maximum absolute atomic E-state index is 13.0. The highest BCUT2D eigenvalue weighted by molar-refractivity contribution is 5.75. The lowest BCUT2D eigenvalue weighted by Gasteiger charge is -2.31. The first kappa shape index (κ1) is 16.2. The SMILES string of the molecule is CC(NC(=O)N1CC2CC(O)C(O)CC2C1)c1ccc(F)cc1. The maximum Gasteiger partial charge on any atom is 0.317 e. The average molecular weight is 322 g/mol. The van der Waals surface area contributed by atoms with Crippen molar-refractivity contribution in [3.8, 4) is 0 Å². The third-order valence-electron chi connectivity index (χ3n) is 5.11. The molecule has 2 amide bonds. The van der Waals surface area contributed by atoms with Crippen LogP contribution in [0.2, 0.25) is 0 Å². The van der Waals surface area contributed by atoms with E-state index in [0.717, 1.165) is 5.56 Å². The molecule has 5 unspecified atom stereocenters. The minimum atomic E-state index is -0.683. The Labute approximate surface area is 135 Å². The number of benzene rings is 1. The lowest BCUT2D eigenvalue weighted by molar-refractivity contribution is -0.0372. The fraction of sp³-hybridized carbons (Fsp3) is 0.588. The highest BCUT2D eigenvalue weighted by Crippen LogP contribution is 2.36. The van der Waals surface area contributed by atoms with E-state index in [1.807, 2.05) is 6.92 Å². The minimum Gasteiger partial charge on any atom is -0.390 e. The molecule has 0 bridgehead atoms. The Kier molecular flexibility index (Phi) is 4.55. The van der Waals surface area contributed by atoms with Crippen molar-refractivity contribution in [1.29, 1.82) is 0 Å². The molecular formula is C17H23FN2O3. The van der Waals surface area contributed by atoms with Crippen LogP contribution in [0.4, 0.5) is 9.18 Å². The van der Waals surface area contributed by atoms with E-state index in [2.05, 4.69) is 5.32 Å².